The minimum absolute atomic E-state index is 0. The Morgan fingerprint density at radius 3 is 2.10 bits per heavy atom. The molecule has 0 amide bonds. The summed E-state index contributed by atoms with van der Waals surface area (Å²) in [4.78, 5) is 16.1. The van der Waals surface area contributed by atoms with Crippen LogP contribution in [0.4, 0.5) is 17.1 Å². The molecule has 1 fully saturated rings. The first kappa shape index (κ1) is 42.5. The summed E-state index contributed by atoms with van der Waals surface area (Å²) < 4.78 is 2.33. The van der Waals surface area contributed by atoms with Crippen molar-refractivity contribution in [3.8, 4) is 5.82 Å². The van der Waals surface area contributed by atoms with E-state index >= 15 is 0 Å². The molecule has 4 aromatic carbocycles. The average molecular weight is 977 g/mol. The fraction of sp³-hybridized carbons (Fsp3) is 0.444. The molecular formula is C54H63N5Pt. The van der Waals surface area contributed by atoms with E-state index in [-0.39, 0.29) is 48.4 Å². The number of amidine groups is 1. The Kier molecular flexibility index (Phi) is 10.2. The van der Waals surface area contributed by atoms with Crippen molar-refractivity contribution in [1.29, 1.82) is 0 Å². The van der Waals surface area contributed by atoms with Gasteiger partial charge < -0.3 is 19.4 Å². The number of pyridine rings is 1. The molecular weight excluding hydrogens is 914 g/mol. The molecule has 4 heterocycles. The molecule has 6 heteroatoms. The van der Waals surface area contributed by atoms with Crippen LogP contribution in [0.2, 0.25) is 0 Å². The summed E-state index contributed by atoms with van der Waals surface area (Å²) in [6.07, 6.45) is 8.23. The van der Waals surface area contributed by atoms with E-state index < -0.39 is 0 Å². The number of aromatic nitrogens is 2. The van der Waals surface area contributed by atoms with Crippen molar-refractivity contribution in [2.75, 3.05) is 4.90 Å². The third-order valence-electron chi connectivity index (χ3n) is 14.9. The third-order valence-corrected chi connectivity index (χ3v) is 14.9. The number of hydrogen-bond donors (Lipinski definition) is 0. The van der Waals surface area contributed by atoms with Gasteiger partial charge in [0.2, 0.25) is 0 Å². The summed E-state index contributed by atoms with van der Waals surface area (Å²) in [5.41, 5.74) is 11.9. The summed E-state index contributed by atoms with van der Waals surface area (Å²) in [5.74, 6) is 2.02. The number of benzene rings is 4. The van der Waals surface area contributed by atoms with Crippen molar-refractivity contribution in [3.05, 3.63) is 125 Å². The van der Waals surface area contributed by atoms with Crippen molar-refractivity contribution in [1.82, 2.24) is 14.5 Å². The number of nitrogens with zero attached hydrogens (tertiary/aromatic N) is 5. The van der Waals surface area contributed by atoms with E-state index in [0.29, 0.717) is 6.04 Å². The SMILES string of the molecule is Cc1cc(C)c(N2c3[c-]c4c(cc3C(C)(C)c3ccccc32)c2ccccc2n4-c2cc(C(C)(C)C)ccn2)[c-]c1C1=N[C@](C)(C(C)(C)C)C(C)(C)N1C1CCCCC1.[Pt+2]. The van der Waals surface area contributed by atoms with Gasteiger partial charge >= 0.3 is 21.1 Å². The van der Waals surface area contributed by atoms with Crippen LogP contribution in [0.1, 0.15) is 142 Å². The van der Waals surface area contributed by atoms with Crippen LogP contribution in [-0.4, -0.2) is 37.4 Å². The van der Waals surface area contributed by atoms with Crippen LogP contribution in [-0.2, 0) is 31.9 Å². The number of hydrogen-bond acceptors (Lipinski definition) is 4. The normalized spacial score (nSPS) is 20.2. The second kappa shape index (κ2) is 14.4. The molecule has 1 aliphatic carbocycles. The molecule has 0 unspecified atom stereocenters. The van der Waals surface area contributed by atoms with Gasteiger partial charge in [0.05, 0.1) is 11.1 Å². The van der Waals surface area contributed by atoms with Crippen molar-refractivity contribution >= 4 is 44.7 Å². The topological polar surface area (TPSA) is 36.7 Å². The van der Waals surface area contributed by atoms with Crippen LogP contribution in [0.25, 0.3) is 27.6 Å². The summed E-state index contributed by atoms with van der Waals surface area (Å²) in [7, 11) is 0. The van der Waals surface area contributed by atoms with Gasteiger partial charge in [0, 0.05) is 29.3 Å². The first-order chi connectivity index (χ1) is 27.8. The molecule has 1 atom stereocenters. The van der Waals surface area contributed by atoms with Crippen LogP contribution >= 0.6 is 0 Å². The number of fused-ring (bicyclic) bond motifs is 5. The summed E-state index contributed by atoms with van der Waals surface area (Å²) in [5, 5.41) is 2.39. The number of anilines is 3. The van der Waals surface area contributed by atoms with Gasteiger partial charge in [-0.15, -0.1) is 45.8 Å². The second-order valence-electron chi connectivity index (χ2n) is 21.1. The summed E-state index contributed by atoms with van der Waals surface area (Å²) in [6.45, 7) is 30.4. The van der Waals surface area contributed by atoms with Gasteiger partial charge in [0.15, 0.2) is 0 Å². The van der Waals surface area contributed by atoms with Crippen LogP contribution < -0.4 is 4.90 Å². The molecule has 0 saturated heterocycles. The van der Waals surface area contributed by atoms with E-state index in [9.17, 15) is 0 Å². The first-order valence-corrected chi connectivity index (χ1v) is 22.1. The summed E-state index contributed by atoms with van der Waals surface area (Å²) >= 11 is 0. The molecule has 314 valence electrons. The van der Waals surface area contributed by atoms with E-state index in [2.05, 4.69) is 189 Å². The molecule has 2 aliphatic heterocycles. The predicted molar refractivity (Wildman–Crippen MR) is 248 cm³/mol. The molecule has 0 bridgehead atoms. The van der Waals surface area contributed by atoms with Crippen molar-refractivity contribution in [3.63, 3.8) is 0 Å². The molecule has 5 nitrogen and oxygen atoms in total. The Morgan fingerprint density at radius 2 is 1.40 bits per heavy atom. The van der Waals surface area contributed by atoms with Gasteiger partial charge in [-0.1, -0.05) is 136 Å². The van der Waals surface area contributed by atoms with Gasteiger partial charge in [0.1, 0.15) is 5.82 Å². The van der Waals surface area contributed by atoms with Gasteiger partial charge in [-0.3, -0.25) is 0 Å². The van der Waals surface area contributed by atoms with Crippen LogP contribution in [0.3, 0.4) is 0 Å². The Labute approximate surface area is 374 Å². The van der Waals surface area contributed by atoms with Crippen molar-refractivity contribution in [2.45, 2.75) is 150 Å². The molecule has 3 aliphatic rings. The molecule has 0 N–H and O–H groups in total. The van der Waals surface area contributed by atoms with Gasteiger partial charge in [-0.2, -0.15) is 6.07 Å². The van der Waals surface area contributed by atoms with E-state index in [4.69, 9.17) is 9.98 Å². The Hall–Kier alpha value is -4.21. The molecule has 60 heavy (non-hydrogen) atoms. The van der Waals surface area contributed by atoms with Gasteiger partial charge in [-0.25, -0.2) is 4.98 Å². The van der Waals surface area contributed by atoms with Crippen molar-refractivity contribution in [2.24, 2.45) is 10.4 Å². The second-order valence-corrected chi connectivity index (χ2v) is 21.1. The third kappa shape index (κ3) is 6.26. The van der Waals surface area contributed by atoms with E-state index in [0.717, 1.165) is 39.6 Å². The molecule has 2 aromatic heterocycles. The number of para-hydroxylation sites is 2. The van der Waals surface area contributed by atoms with Crippen LogP contribution in [0.5, 0.6) is 0 Å². The average Bonchev–Trinajstić information content (AvgIpc) is 3.62. The standard InChI is InChI=1S/C54H63N5.Pt/c1-34-29-35(2)45(32-39(34)49-56-54(13,51(6,7)8)53(11,12)59(49)37-21-15-14-16-22-37)57-44-26-20-18-24-41(44)52(9,10)42-31-40-38-23-17-19-25-43(38)58(46(40)33-47(42)57)48-30-36(27-28-55-48)50(3,4)5;/h17-20,23-31,37H,14-16,21-22H2,1-13H3;/q-2;+2/t54-;/m1./s1. The van der Waals surface area contributed by atoms with E-state index in [1.165, 1.54) is 76.4 Å². The molecule has 9 rings (SSSR count). The summed E-state index contributed by atoms with van der Waals surface area (Å²) in [6, 6.07) is 35.7. The fourth-order valence-corrected chi connectivity index (χ4v) is 10.9. The van der Waals surface area contributed by atoms with Crippen LogP contribution in [0, 0.1) is 31.4 Å². The predicted octanol–water partition coefficient (Wildman–Crippen LogP) is 13.8. The Morgan fingerprint density at radius 1 is 0.717 bits per heavy atom. The monoisotopic (exact) mass is 976 g/mol. The van der Waals surface area contributed by atoms with E-state index in [1.54, 1.807) is 0 Å². The van der Waals surface area contributed by atoms with Crippen molar-refractivity contribution < 1.29 is 21.1 Å². The minimum atomic E-state index is -0.308. The number of aryl methyl sites for hydroxylation is 2. The quantitative estimate of drug-likeness (QED) is 0.165. The van der Waals surface area contributed by atoms with Crippen LogP contribution in [0.15, 0.2) is 84.0 Å². The molecule has 0 radical (unpaired) electrons. The van der Waals surface area contributed by atoms with Gasteiger partial charge in [-0.05, 0) is 96.3 Å². The zero-order valence-electron chi connectivity index (χ0n) is 38.2. The minimum Gasteiger partial charge on any atom is -0.386 e. The Balaban J connectivity index is 0.00000499. The number of aliphatic imine (C=N–C) groups is 1. The first-order valence-electron chi connectivity index (χ1n) is 22.1. The Bertz CT molecular complexity index is 2680. The number of rotatable bonds is 4. The maximum Gasteiger partial charge on any atom is 2.00 e. The van der Waals surface area contributed by atoms with Gasteiger partial charge in [0.25, 0.3) is 0 Å². The maximum atomic E-state index is 5.87. The maximum absolute atomic E-state index is 5.87. The zero-order chi connectivity index (χ0) is 42.0. The smallest absolute Gasteiger partial charge is 0.386 e. The molecule has 0 spiro atoms. The molecule has 1 saturated carbocycles. The largest absolute Gasteiger partial charge is 2.00 e. The zero-order valence-corrected chi connectivity index (χ0v) is 40.4. The fourth-order valence-electron chi connectivity index (χ4n) is 10.9. The van der Waals surface area contributed by atoms with E-state index in [1.807, 2.05) is 6.20 Å². The molecule has 6 aromatic rings.